The van der Waals surface area contributed by atoms with Crippen LogP contribution in [0.1, 0.15) is 80.1 Å². The van der Waals surface area contributed by atoms with E-state index in [1.54, 1.807) is 13.8 Å². The highest BCUT2D eigenvalue weighted by Crippen LogP contribution is 2.58. The topological polar surface area (TPSA) is 110 Å². The predicted molar refractivity (Wildman–Crippen MR) is 135 cm³/mol. The summed E-state index contributed by atoms with van der Waals surface area (Å²) in [6.07, 6.45) is -29.7. The Bertz CT molecular complexity index is 1110. The van der Waals surface area contributed by atoms with Gasteiger partial charge in [0.1, 0.15) is 0 Å². The largest absolute Gasteiger partial charge is 0.439 e. The van der Waals surface area contributed by atoms with Gasteiger partial charge in [-0.25, -0.2) is 8.42 Å². The van der Waals surface area contributed by atoms with Gasteiger partial charge in [-0.3, -0.25) is 14.3 Å². The molecule has 1 fully saturated rings. The minimum Gasteiger partial charge on any atom is -0.439 e. The third-order valence-electron chi connectivity index (χ3n) is 8.07. The molecule has 0 saturated heterocycles. The Morgan fingerprint density at radius 3 is 1.29 bits per heavy atom. The molecule has 0 heterocycles. The van der Waals surface area contributed by atoms with Crippen LogP contribution in [0, 0.1) is 22.7 Å². The summed E-state index contributed by atoms with van der Waals surface area (Å²) in [5.41, 5.74) is -12.9. The van der Waals surface area contributed by atoms with Gasteiger partial charge >= 0.3 is 36.3 Å². The third-order valence-corrected chi connectivity index (χ3v) is 8.62. The van der Waals surface area contributed by atoms with E-state index in [4.69, 9.17) is 0 Å². The Kier molecular flexibility index (Phi) is 13.0. The van der Waals surface area contributed by atoms with Crippen molar-refractivity contribution in [2.75, 3.05) is 6.26 Å². The average Bonchev–Trinajstić information content (AvgIpc) is 2.83. The van der Waals surface area contributed by atoms with Crippen LogP contribution in [0.2, 0.25) is 0 Å². The van der Waals surface area contributed by atoms with Gasteiger partial charge in [0.15, 0.2) is 0 Å². The van der Waals surface area contributed by atoms with E-state index in [1.165, 1.54) is 6.92 Å². The van der Waals surface area contributed by atoms with Crippen molar-refractivity contribution in [3.63, 3.8) is 0 Å². The van der Waals surface area contributed by atoms with Crippen molar-refractivity contribution < 1.29 is 80.5 Å². The number of esters is 1. The van der Waals surface area contributed by atoms with Crippen LogP contribution in [0.25, 0.3) is 0 Å². The first-order chi connectivity index (χ1) is 19.6. The van der Waals surface area contributed by atoms with E-state index in [-0.39, 0.29) is 6.42 Å². The monoisotopic (exact) mass is 707 g/mol. The highest BCUT2D eigenvalue weighted by molar-refractivity contribution is 7.89. The number of halogens is 12. The minimum absolute atomic E-state index is 0.228. The summed E-state index contributed by atoms with van der Waals surface area (Å²) in [7, 11) is -3.42. The van der Waals surface area contributed by atoms with Crippen LogP contribution in [0.3, 0.4) is 0 Å². The van der Waals surface area contributed by atoms with E-state index >= 15 is 0 Å². The maximum atomic E-state index is 13.8. The standard InChI is InChI=1S/C18H22F12O3.C7H15NO3S/c1-4-12(2,3)11(31)33-14(17(25,26)27,18(28,29)30)10-7-5-9(6-8-10)13(32,15(19,20)21)16(22,23)24;1-5-7(2,3)6(9)8-12(4,10)11/h9-10,32H,4-8H2,1-3H3;5H2,1-4H3,(H,8,9). The highest BCUT2D eigenvalue weighted by Gasteiger charge is 2.79. The zero-order valence-electron chi connectivity index (χ0n) is 25.3. The maximum Gasteiger partial charge on any atom is 0.437 e. The zero-order chi connectivity index (χ0) is 36.5. The first-order valence-corrected chi connectivity index (χ1v) is 15.2. The molecular weight excluding hydrogens is 670 g/mol. The molecule has 268 valence electrons. The number of carbonyl (C=O) groups is 2. The quantitative estimate of drug-likeness (QED) is 0.208. The van der Waals surface area contributed by atoms with Gasteiger partial charge in [-0.1, -0.05) is 27.7 Å². The molecule has 0 aromatic heterocycles. The second-order valence-electron chi connectivity index (χ2n) is 12.1. The molecule has 0 aromatic rings. The van der Waals surface area contributed by atoms with Crippen LogP contribution < -0.4 is 4.72 Å². The van der Waals surface area contributed by atoms with E-state index in [9.17, 15) is 75.8 Å². The molecule has 45 heavy (non-hydrogen) atoms. The Balaban J connectivity index is 0.00000136. The summed E-state index contributed by atoms with van der Waals surface area (Å²) in [4.78, 5) is 23.4. The molecule has 1 rings (SSSR count). The van der Waals surface area contributed by atoms with E-state index in [0.29, 0.717) is 6.42 Å². The molecule has 20 heteroatoms. The molecule has 0 spiro atoms. The molecule has 1 amide bonds. The first-order valence-electron chi connectivity index (χ1n) is 13.3. The molecule has 0 atom stereocenters. The Morgan fingerprint density at radius 2 is 1.02 bits per heavy atom. The number of rotatable bonds is 8. The predicted octanol–water partition coefficient (Wildman–Crippen LogP) is 6.99. The van der Waals surface area contributed by atoms with Crippen molar-refractivity contribution in [1.82, 2.24) is 4.72 Å². The van der Waals surface area contributed by atoms with Crippen LogP contribution in [0.4, 0.5) is 52.7 Å². The highest BCUT2D eigenvalue weighted by atomic mass is 32.2. The van der Waals surface area contributed by atoms with Crippen molar-refractivity contribution in [3.05, 3.63) is 0 Å². The molecule has 7 nitrogen and oxygen atoms in total. The third kappa shape index (κ3) is 9.53. The molecule has 1 aliphatic carbocycles. The number of hydrogen-bond acceptors (Lipinski definition) is 6. The van der Waals surface area contributed by atoms with Gasteiger partial charge in [0.25, 0.3) is 5.60 Å². The van der Waals surface area contributed by atoms with Crippen LogP contribution in [0.5, 0.6) is 0 Å². The summed E-state index contributed by atoms with van der Waals surface area (Å²) in [6.45, 7) is 8.54. The Hall–Kier alpha value is -1.99. The molecule has 0 aliphatic heterocycles. The van der Waals surface area contributed by atoms with Crippen molar-refractivity contribution in [2.45, 2.75) is 116 Å². The molecule has 0 unspecified atom stereocenters. The number of alkyl halides is 12. The second kappa shape index (κ2) is 13.6. The number of hydrogen-bond donors (Lipinski definition) is 2. The second-order valence-corrected chi connectivity index (χ2v) is 13.9. The molecular formula is C25H37F12NO6S. The number of nitrogens with one attached hydrogen (secondary N) is 1. The van der Waals surface area contributed by atoms with E-state index in [1.807, 2.05) is 11.6 Å². The lowest BCUT2D eigenvalue weighted by Gasteiger charge is -2.47. The van der Waals surface area contributed by atoms with E-state index in [2.05, 4.69) is 4.74 Å². The number of sulfonamides is 1. The van der Waals surface area contributed by atoms with Gasteiger partial charge in [-0.15, -0.1) is 0 Å². The number of amides is 1. The van der Waals surface area contributed by atoms with Gasteiger partial charge in [-0.05, 0) is 52.4 Å². The van der Waals surface area contributed by atoms with Crippen LogP contribution in [-0.2, 0) is 24.3 Å². The molecule has 1 saturated carbocycles. The van der Waals surface area contributed by atoms with Crippen LogP contribution in [-0.4, -0.2) is 67.6 Å². The van der Waals surface area contributed by atoms with Gasteiger partial charge in [0.2, 0.25) is 15.9 Å². The molecule has 2 N–H and O–H groups in total. The fourth-order valence-corrected chi connectivity index (χ4v) is 4.87. The zero-order valence-corrected chi connectivity index (χ0v) is 26.1. The smallest absolute Gasteiger partial charge is 0.437 e. The number of ether oxygens (including phenoxy) is 1. The molecule has 0 radical (unpaired) electrons. The van der Waals surface area contributed by atoms with Gasteiger partial charge in [0.05, 0.1) is 11.7 Å². The van der Waals surface area contributed by atoms with Crippen molar-refractivity contribution in [3.8, 4) is 0 Å². The Morgan fingerprint density at radius 1 is 0.689 bits per heavy atom. The first kappa shape index (κ1) is 43.0. The summed E-state index contributed by atoms with van der Waals surface area (Å²) in [5, 5.41) is 9.42. The fraction of sp³-hybridized carbons (Fsp3) is 0.920. The van der Waals surface area contributed by atoms with Crippen molar-refractivity contribution in [1.29, 1.82) is 0 Å². The average molecular weight is 708 g/mol. The normalized spacial score (nSPS) is 19.7. The fourth-order valence-electron chi connectivity index (χ4n) is 4.26. The number of aliphatic hydroxyl groups is 1. The molecule has 0 bridgehead atoms. The summed E-state index contributed by atoms with van der Waals surface area (Å²) in [6, 6.07) is 0. The Labute approximate surface area is 252 Å². The lowest BCUT2D eigenvalue weighted by atomic mass is 9.67. The number of carbonyl (C=O) groups excluding carboxylic acids is 2. The van der Waals surface area contributed by atoms with Crippen LogP contribution >= 0.6 is 0 Å². The minimum atomic E-state index is -6.29. The molecule has 0 aromatic carbocycles. The molecule has 1 aliphatic rings. The SMILES string of the molecule is CCC(C)(C)C(=O)NS(C)(=O)=O.CCC(C)(C)C(=O)OC(C1CCC(C(O)(C(F)(F)F)C(F)(F)F)CC1)(C(F)(F)F)C(F)(F)F. The van der Waals surface area contributed by atoms with Crippen molar-refractivity contribution in [2.24, 2.45) is 22.7 Å². The maximum absolute atomic E-state index is 13.8. The summed E-state index contributed by atoms with van der Waals surface area (Å²) in [5.74, 6) is -7.82. The summed E-state index contributed by atoms with van der Waals surface area (Å²) >= 11 is 0. The lowest BCUT2D eigenvalue weighted by Crippen LogP contribution is -2.66. The van der Waals surface area contributed by atoms with E-state index < -0.39 is 106 Å². The van der Waals surface area contributed by atoms with Gasteiger partial charge in [-0.2, -0.15) is 52.7 Å². The summed E-state index contributed by atoms with van der Waals surface area (Å²) < 4.78 is 188. The van der Waals surface area contributed by atoms with Crippen molar-refractivity contribution >= 4 is 21.9 Å². The van der Waals surface area contributed by atoms with Gasteiger partial charge < -0.3 is 9.84 Å². The lowest BCUT2D eigenvalue weighted by molar-refractivity contribution is -0.400. The van der Waals surface area contributed by atoms with Crippen LogP contribution in [0.15, 0.2) is 0 Å². The van der Waals surface area contributed by atoms with Gasteiger partial charge in [0, 0.05) is 17.3 Å². The van der Waals surface area contributed by atoms with E-state index in [0.717, 1.165) is 20.1 Å².